The second kappa shape index (κ2) is 9.67. The Morgan fingerprint density at radius 2 is 1.74 bits per heavy atom. The zero-order valence-electron chi connectivity index (χ0n) is 17.6. The number of pyridine rings is 1. The van der Waals surface area contributed by atoms with E-state index in [-0.39, 0.29) is 5.91 Å². The van der Waals surface area contributed by atoms with Crippen LogP contribution in [0.15, 0.2) is 88.8 Å². The van der Waals surface area contributed by atoms with Crippen molar-refractivity contribution in [3.63, 3.8) is 0 Å². The predicted molar refractivity (Wildman–Crippen MR) is 126 cm³/mol. The molecule has 0 bridgehead atoms. The van der Waals surface area contributed by atoms with Gasteiger partial charge in [-0.05, 0) is 42.3 Å². The van der Waals surface area contributed by atoms with Crippen LogP contribution in [0.4, 0.5) is 0 Å². The van der Waals surface area contributed by atoms with Crippen molar-refractivity contribution in [1.29, 1.82) is 0 Å². The topological polar surface area (TPSA) is 51.2 Å². The highest BCUT2D eigenvalue weighted by Crippen LogP contribution is 2.30. The minimum absolute atomic E-state index is 0.132. The molecule has 0 spiro atoms. The van der Waals surface area contributed by atoms with Gasteiger partial charge in [0, 0.05) is 22.4 Å². The van der Waals surface area contributed by atoms with Crippen molar-refractivity contribution in [2.45, 2.75) is 29.8 Å². The Bertz CT molecular complexity index is 1210. The third-order valence-electron chi connectivity index (χ3n) is 5.12. The lowest BCUT2D eigenvalue weighted by atomic mass is 10.1. The van der Waals surface area contributed by atoms with Crippen LogP contribution in [-0.4, -0.2) is 18.0 Å². The number of nitrogens with zero attached hydrogens (tertiary/aromatic N) is 1. The van der Waals surface area contributed by atoms with Gasteiger partial charge in [-0.15, -0.1) is 0 Å². The average molecular weight is 429 g/mol. The van der Waals surface area contributed by atoms with Crippen LogP contribution in [0, 0.1) is 0 Å². The third-order valence-corrected chi connectivity index (χ3v) is 6.05. The number of hydrogen-bond acceptors (Lipinski definition) is 4. The minimum Gasteiger partial charge on any atom is -0.496 e. The van der Waals surface area contributed by atoms with Crippen LogP contribution in [0.2, 0.25) is 0 Å². The van der Waals surface area contributed by atoms with E-state index in [1.807, 2.05) is 54.6 Å². The standard InChI is InChI=1S/C26H24N2O2S/c1-3-18-12-14-20(15-13-18)31-25-16-22(21-9-5-6-10-23(21)28-25)26(29)27-17-19-8-4-7-11-24(19)30-2/h4-16H,3,17H2,1-2H3,(H,27,29). The van der Waals surface area contributed by atoms with Gasteiger partial charge in [-0.1, -0.05) is 67.2 Å². The number of fused-ring (bicyclic) bond motifs is 1. The van der Waals surface area contributed by atoms with E-state index in [0.717, 1.165) is 38.6 Å². The summed E-state index contributed by atoms with van der Waals surface area (Å²) >= 11 is 1.56. The Labute approximate surface area is 186 Å². The smallest absolute Gasteiger partial charge is 0.252 e. The fourth-order valence-corrected chi connectivity index (χ4v) is 4.26. The molecule has 3 aromatic carbocycles. The fraction of sp³-hybridized carbons (Fsp3) is 0.154. The number of carbonyl (C=O) groups is 1. The number of rotatable bonds is 7. The van der Waals surface area contributed by atoms with E-state index < -0.39 is 0 Å². The Morgan fingerprint density at radius 3 is 2.52 bits per heavy atom. The van der Waals surface area contributed by atoms with Crippen molar-refractivity contribution >= 4 is 28.6 Å². The Hall–Kier alpha value is -3.31. The summed E-state index contributed by atoms with van der Waals surface area (Å²) in [5.74, 6) is 0.627. The van der Waals surface area contributed by atoms with Gasteiger partial charge in [0.25, 0.3) is 5.91 Å². The van der Waals surface area contributed by atoms with Crippen LogP contribution < -0.4 is 10.1 Å². The first-order chi connectivity index (χ1) is 15.2. The van der Waals surface area contributed by atoms with Gasteiger partial charge in [-0.2, -0.15) is 0 Å². The van der Waals surface area contributed by atoms with Crippen LogP contribution in [0.1, 0.15) is 28.4 Å². The van der Waals surface area contributed by atoms with Gasteiger partial charge < -0.3 is 10.1 Å². The van der Waals surface area contributed by atoms with Crippen molar-refractivity contribution in [3.05, 3.63) is 95.6 Å². The second-order valence-electron chi connectivity index (χ2n) is 7.12. The number of para-hydroxylation sites is 2. The van der Waals surface area contributed by atoms with E-state index in [2.05, 4.69) is 36.5 Å². The molecule has 0 saturated heterocycles. The Morgan fingerprint density at radius 1 is 1.00 bits per heavy atom. The predicted octanol–water partition coefficient (Wildman–Crippen LogP) is 5.89. The van der Waals surface area contributed by atoms with Crippen LogP contribution in [0.25, 0.3) is 10.9 Å². The number of nitrogens with one attached hydrogen (secondary N) is 1. The Balaban J connectivity index is 1.61. The van der Waals surface area contributed by atoms with E-state index >= 15 is 0 Å². The number of amides is 1. The van der Waals surface area contributed by atoms with Crippen LogP contribution >= 0.6 is 11.8 Å². The lowest BCUT2D eigenvalue weighted by molar-refractivity contribution is 0.0952. The summed E-state index contributed by atoms with van der Waals surface area (Å²) in [6.07, 6.45) is 1.01. The maximum absolute atomic E-state index is 13.1. The molecule has 1 amide bonds. The van der Waals surface area contributed by atoms with E-state index in [0.29, 0.717) is 12.1 Å². The fourth-order valence-electron chi connectivity index (χ4n) is 3.42. The summed E-state index contributed by atoms with van der Waals surface area (Å²) in [6, 6.07) is 25.8. The normalized spacial score (nSPS) is 10.8. The van der Waals surface area contributed by atoms with Crippen molar-refractivity contribution in [1.82, 2.24) is 10.3 Å². The number of hydrogen-bond donors (Lipinski definition) is 1. The molecule has 0 aliphatic rings. The maximum atomic E-state index is 13.1. The first-order valence-electron chi connectivity index (χ1n) is 10.2. The van der Waals surface area contributed by atoms with Crippen LogP contribution in [-0.2, 0) is 13.0 Å². The zero-order chi connectivity index (χ0) is 21.6. The number of aromatic nitrogens is 1. The molecule has 0 aliphatic heterocycles. The molecule has 0 atom stereocenters. The quantitative estimate of drug-likeness (QED) is 0.399. The van der Waals surface area contributed by atoms with Gasteiger partial charge in [0.05, 0.1) is 18.2 Å². The van der Waals surface area contributed by atoms with Gasteiger partial charge >= 0.3 is 0 Å². The van der Waals surface area contributed by atoms with Crippen molar-refractivity contribution in [2.75, 3.05) is 7.11 Å². The van der Waals surface area contributed by atoms with Crippen molar-refractivity contribution < 1.29 is 9.53 Å². The highest BCUT2D eigenvalue weighted by Gasteiger charge is 2.14. The van der Waals surface area contributed by atoms with Crippen molar-refractivity contribution in [3.8, 4) is 5.75 Å². The molecule has 0 fully saturated rings. The highest BCUT2D eigenvalue weighted by atomic mass is 32.2. The number of methoxy groups -OCH3 is 1. The lowest BCUT2D eigenvalue weighted by Crippen LogP contribution is -2.23. The first kappa shape index (κ1) is 20.9. The SMILES string of the molecule is CCc1ccc(Sc2cc(C(=O)NCc3ccccc3OC)c3ccccc3n2)cc1. The van der Waals surface area contributed by atoms with Gasteiger partial charge in [0.2, 0.25) is 0 Å². The molecular weight excluding hydrogens is 404 g/mol. The molecule has 1 N–H and O–H groups in total. The summed E-state index contributed by atoms with van der Waals surface area (Å²) in [7, 11) is 1.63. The molecule has 31 heavy (non-hydrogen) atoms. The van der Waals surface area contributed by atoms with Crippen LogP contribution in [0.3, 0.4) is 0 Å². The molecule has 4 aromatic rings. The molecule has 156 valence electrons. The molecule has 5 heteroatoms. The molecule has 1 aromatic heterocycles. The highest BCUT2D eigenvalue weighted by molar-refractivity contribution is 7.99. The molecule has 0 radical (unpaired) electrons. The molecular formula is C26H24N2O2S. The second-order valence-corrected chi connectivity index (χ2v) is 8.21. The van der Waals surface area contributed by atoms with Crippen molar-refractivity contribution in [2.24, 2.45) is 0 Å². The summed E-state index contributed by atoms with van der Waals surface area (Å²) in [5, 5.41) is 4.67. The zero-order valence-corrected chi connectivity index (χ0v) is 18.4. The number of aryl methyl sites for hydroxylation is 1. The molecule has 4 rings (SSSR count). The third kappa shape index (κ3) is 4.89. The summed E-state index contributed by atoms with van der Waals surface area (Å²) < 4.78 is 5.39. The molecule has 0 unspecified atom stereocenters. The monoisotopic (exact) mass is 428 g/mol. The molecule has 0 saturated carbocycles. The molecule has 0 aliphatic carbocycles. The number of ether oxygens (including phenoxy) is 1. The summed E-state index contributed by atoms with van der Waals surface area (Å²) in [5.41, 5.74) is 3.66. The maximum Gasteiger partial charge on any atom is 0.252 e. The van der Waals surface area contributed by atoms with Gasteiger partial charge in [-0.25, -0.2) is 4.98 Å². The van der Waals surface area contributed by atoms with E-state index in [1.165, 1.54) is 5.56 Å². The largest absolute Gasteiger partial charge is 0.496 e. The van der Waals surface area contributed by atoms with E-state index in [9.17, 15) is 4.79 Å². The van der Waals surface area contributed by atoms with Gasteiger partial charge in [0.15, 0.2) is 0 Å². The van der Waals surface area contributed by atoms with E-state index in [4.69, 9.17) is 9.72 Å². The first-order valence-corrected chi connectivity index (χ1v) is 11.1. The lowest BCUT2D eigenvalue weighted by Gasteiger charge is -2.12. The Kier molecular flexibility index (Phi) is 6.53. The van der Waals surface area contributed by atoms with Gasteiger partial charge in [0.1, 0.15) is 10.8 Å². The molecule has 4 nitrogen and oxygen atoms in total. The van der Waals surface area contributed by atoms with Gasteiger partial charge in [-0.3, -0.25) is 4.79 Å². The summed E-state index contributed by atoms with van der Waals surface area (Å²) in [4.78, 5) is 19.0. The average Bonchev–Trinajstić information content (AvgIpc) is 2.82. The van der Waals surface area contributed by atoms with E-state index in [1.54, 1.807) is 18.9 Å². The molecule has 1 heterocycles. The summed E-state index contributed by atoms with van der Waals surface area (Å²) in [6.45, 7) is 2.53. The number of carbonyl (C=O) groups excluding carboxylic acids is 1. The number of benzene rings is 3. The van der Waals surface area contributed by atoms with Crippen LogP contribution in [0.5, 0.6) is 5.75 Å². The minimum atomic E-state index is -0.132.